The number of nitrogens with one attached hydrogen (secondary N) is 2. The second-order valence-corrected chi connectivity index (χ2v) is 5.48. The summed E-state index contributed by atoms with van der Waals surface area (Å²) in [7, 11) is 0. The van der Waals surface area contributed by atoms with E-state index in [2.05, 4.69) is 32.6 Å². The quantitative estimate of drug-likeness (QED) is 0.845. The number of aryl methyl sites for hydroxylation is 1. The van der Waals surface area contributed by atoms with Crippen molar-refractivity contribution >= 4 is 11.9 Å². The van der Waals surface area contributed by atoms with Crippen LogP contribution in [0, 0.1) is 6.92 Å². The minimum absolute atomic E-state index is 0.0803. The van der Waals surface area contributed by atoms with Crippen LogP contribution in [0.2, 0.25) is 0 Å². The van der Waals surface area contributed by atoms with E-state index in [-0.39, 0.29) is 24.0 Å². The third-order valence-electron chi connectivity index (χ3n) is 3.58. The Morgan fingerprint density at radius 3 is 2.50 bits per heavy atom. The molecular weight excluding hydrogens is 280 g/mol. The van der Waals surface area contributed by atoms with E-state index in [1.807, 2.05) is 37.8 Å². The van der Waals surface area contributed by atoms with E-state index < -0.39 is 0 Å². The standard InChI is InChI=1S/C15H22N6O/c1-10-8-18-21(9-10)13(4)11(2)19-12(3)14(22)20-15-16-6-5-7-17-15/h5-9,11-13,19H,1-4H3,(H,16,17,20,22)/t11-,12+,13+/m0/s1. The number of hydrogen-bond acceptors (Lipinski definition) is 5. The van der Waals surface area contributed by atoms with Crippen molar-refractivity contribution in [1.29, 1.82) is 0 Å². The number of anilines is 1. The van der Waals surface area contributed by atoms with Crippen LogP contribution in [0.4, 0.5) is 5.95 Å². The first-order valence-electron chi connectivity index (χ1n) is 7.32. The van der Waals surface area contributed by atoms with Gasteiger partial charge >= 0.3 is 0 Å². The monoisotopic (exact) mass is 302 g/mol. The molecule has 0 saturated carbocycles. The Labute approximate surface area is 130 Å². The lowest BCUT2D eigenvalue weighted by Gasteiger charge is -2.25. The van der Waals surface area contributed by atoms with E-state index in [9.17, 15) is 4.79 Å². The fourth-order valence-corrected chi connectivity index (χ4v) is 2.08. The maximum Gasteiger partial charge on any atom is 0.243 e. The molecule has 1 amide bonds. The van der Waals surface area contributed by atoms with Crippen LogP contribution in [0.1, 0.15) is 32.4 Å². The summed E-state index contributed by atoms with van der Waals surface area (Å²) in [5, 5.41) is 10.3. The van der Waals surface area contributed by atoms with E-state index in [4.69, 9.17) is 0 Å². The summed E-state index contributed by atoms with van der Waals surface area (Å²) in [6, 6.07) is 1.55. The molecule has 2 N–H and O–H groups in total. The highest BCUT2D eigenvalue weighted by molar-refractivity contribution is 5.93. The molecule has 2 heterocycles. The molecule has 7 heteroatoms. The Hall–Kier alpha value is -2.28. The van der Waals surface area contributed by atoms with Gasteiger partial charge in [0.25, 0.3) is 0 Å². The molecule has 22 heavy (non-hydrogen) atoms. The minimum Gasteiger partial charge on any atom is -0.301 e. The zero-order chi connectivity index (χ0) is 16.1. The van der Waals surface area contributed by atoms with Gasteiger partial charge in [-0.3, -0.25) is 14.8 Å². The summed E-state index contributed by atoms with van der Waals surface area (Å²) in [5.74, 6) is 0.145. The van der Waals surface area contributed by atoms with Gasteiger partial charge in [-0.05, 0) is 39.3 Å². The molecule has 2 rings (SSSR count). The molecule has 0 aliphatic carbocycles. The van der Waals surface area contributed by atoms with E-state index in [0.29, 0.717) is 5.95 Å². The van der Waals surface area contributed by atoms with Crippen molar-refractivity contribution in [2.45, 2.75) is 45.8 Å². The van der Waals surface area contributed by atoms with Crippen molar-refractivity contribution in [2.75, 3.05) is 5.32 Å². The van der Waals surface area contributed by atoms with Crippen LogP contribution in [-0.4, -0.2) is 37.7 Å². The lowest BCUT2D eigenvalue weighted by atomic mass is 10.1. The second kappa shape index (κ2) is 7.13. The zero-order valence-electron chi connectivity index (χ0n) is 13.3. The number of aromatic nitrogens is 4. The average molecular weight is 302 g/mol. The Morgan fingerprint density at radius 1 is 1.23 bits per heavy atom. The summed E-state index contributed by atoms with van der Waals surface area (Å²) < 4.78 is 1.90. The molecule has 0 unspecified atom stereocenters. The third-order valence-corrected chi connectivity index (χ3v) is 3.58. The first-order chi connectivity index (χ1) is 10.5. The van der Waals surface area contributed by atoms with E-state index >= 15 is 0 Å². The molecule has 118 valence electrons. The molecular formula is C15H22N6O. The second-order valence-electron chi connectivity index (χ2n) is 5.48. The molecule has 0 fully saturated rings. The summed E-state index contributed by atoms with van der Waals surface area (Å²) in [4.78, 5) is 20.1. The fourth-order valence-electron chi connectivity index (χ4n) is 2.08. The molecule has 2 aromatic rings. The van der Waals surface area contributed by atoms with Gasteiger partial charge in [0.15, 0.2) is 0 Å². The predicted octanol–water partition coefficient (Wildman–Crippen LogP) is 1.55. The predicted molar refractivity (Wildman–Crippen MR) is 84.4 cm³/mol. The van der Waals surface area contributed by atoms with Crippen LogP contribution in [0.25, 0.3) is 0 Å². The van der Waals surface area contributed by atoms with Crippen LogP contribution in [0.5, 0.6) is 0 Å². The van der Waals surface area contributed by atoms with Gasteiger partial charge in [0.1, 0.15) is 0 Å². The van der Waals surface area contributed by atoms with E-state index in [1.165, 1.54) is 0 Å². The van der Waals surface area contributed by atoms with Crippen molar-refractivity contribution in [1.82, 2.24) is 25.1 Å². The van der Waals surface area contributed by atoms with Gasteiger partial charge in [0, 0.05) is 24.6 Å². The van der Waals surface area contributed by atoms with Gasteiger partial charge in [0.05, 0.1) is 18.3 Å². The van der Waals surface area contributed by atoms with Gasteiger partial charge in [-0.25, -0.2) is 9.97 Å². The molecule has 0 saturated heterocycles. The number of carbonyl (C=O) groups excluding carboxylic acids is 1. The minimum atomic E-state index is -0.363. The fraction of sp³-hybridized carbons (Fsp3) is 0.467. The lowest BCUT2D eigenvalue weighted by molar-refractivity contribution is -0.118. The topological polar surface area (TPSA) is 84.7 Å². The number of rotatable bonds is 6. The van der Waals surface area contributed by atoms with E-state index in [0.717, 1.165) is 5.56 Å². The average Bonchev–Trinajstić information content (AvgIpc) is 2.93. The van der Waals surface area contributed by atoms with Crippen molar-refractivity contribution in [3.8, 4) is 0 Å². The summed E-state index contributed by atoms with van der Waals surface area (Å²) >= 11 is 0. The number of nitrogens with zero attached hydrogens (tertiary/aromatic N) is 4. The van der Waals surface area contributed by atoms with Gasteiger partial charge < -0.3 is 5.32 Å². The molecule has 3 atom stereocenters. The van der Waals surface area contributed by atoms with Crippen molar-refractivity contribution < 1.29 is 4.79 Å². The summed E-state index contributed by atoms with van der Waals surface area (Å²) in [6.07, 6.45) is 6.99. The smallest absolute Gasteiger partial charge is 0.243 e. The summed E-state index contributed by atoms with van der Waals surface area (Å²) in [6.45, 7) is 7.92. The van der Waals surface area contributed by atoms with Crippen LogP contribution in [0.15, 0.2) is 30.9 Å². The van der Waals surface area contributed by atoms with Crippen LogP contribution in [0.3, 0.4) is 0 Å². The highest BCUT2D eigenvalue weighted by Gasteiger charge is 2.21. The SMILES string of the molecule is Cc1cnn([C@H](C)[C@H](C)N[C@H](C)C(=O)Nc2ncccn2)c1. The number of hydrogen-bond donors (Lipinski definition) is 2. The maximum absolute atomic E-state index is 12.1. The Bertz CT molecular complexity index is 612. The van der Waals surface area contributed by atoms with Gasteiger partial charge in [-0.1, -0.05) is 0 Å². The van der Waals surface area contributed by atoms with Gasteiger partial charge in [0.2, 0.25) is 11.9 Å². The molecule has 0 spiro atoms. The van der Waals surface area contributed by atoms with Crippen molar-refractivity contribution in [2.24, 2.45) is 0 Å². The number of amides is 1. The Balaban J connectivity index is 1.90. The lowest BCUT2D eigenvalue weighted by Crippen LogP contribution is -2.45. The van der Waals surface area contributed by atoms with Crippen molar-refractivity contribution in [3.63, 3.8) is 0 Å². The summed E-state index contributed by atoms with van der Waals surface area (Å²) in [5.41, 5.74) is 1.12. The van der Waals surface area contributed by atoms with Crippen LogP contribution >= 0.6 is 0 Å². The molecule has 0 aliphatic rings. The normalized spacial score (nSPS) is 15.1. The van der Waals surface area contributed by atoms with Crippen molar-refractivity contribution in [3.05, 3.63) is 36.4 Å². The first kappa shape index (κ1) is 16.1. The molecule has 0 bridgehead atoms. The number of carbonyl (C=O) groups is 1. The van der Waals surface area contributed by atoms with Gasteiger partial charge in [-0.15, -0.1) is 0 Å². The maximum atomic E-state index is 12.1. The van der Waals surface area contributed by atoms with E-state index in [1.54, 1.807) is 18.5 Å². The van der Waals surface area contributed by atoms with Gasteiger partial charge in [-0.2, -0.15) is 5.10 Å². The Morgan fingerprint density at radius 2 is 1.91 bits per heavy atom. The largest absolute Gasteiger partial charge is 0.301 e. The molecule has 0 radical (unpaired) electrons. The zero-order valence-corrected chi connectivity index (χ0v) is 13.3. The third kappa shape index (κ3) is 4.11. The first-order valence-corrected chi connectivity index (χ1v) is 7.32. The van der Waals surface area contributed by atoms with Crippen LogP contribution in [-0.2, 0) is 4.79 Å². The Kier molecular flexibility index (Phi) is 5.21. The molecule has 7 nitrogen and oxygen atoms in total. The molecule has 2 aromatic heterocycles. The highest BCUT2D eigenvalue weighted by atomic mass is 16.2. The molecule has 0 aromatic carbocycles. The highest BCUT2D eigenvalue weighted by Crippen LogP contribution is 2.11. The molecule has 0 aliphatic heterocycles. The van der Waals surface area contributed by atoms with Crippen LogP contribution < -0.4 is 10.6 Å².